The molecule has 0 saturated heterocycles. The van der Waals surface area contributed by atoms with Crippen LogP contribution in [0, 0.1) is 10.1 Å². The van der Waals surface area contributed by atoms with Crippen molar-refractivity contribution in [2.24, 2.45) is 0 Å². The van der Waals surface area contributed by atoms with E-state index in [4.69, 9.17) is 16.3 Å². The van der Waals surface area contributed by atoms with Crippen molar-refractivity contribution in [3.8, 4) is 17.0 Å². The molecule has 88 valence electrons. The molecule has 8 heteroatoms. The second kappa shape index (κ2) is 4.38. The predicted octanol–water partition coefficient (Wildman–Crippen LogP) is 2.04. The Balaban J connectivity index is 2.60. The maximum absolute atomic E-state index is 10.8. The van der Waals surface area contributed by atoms with Crippen molar-refractivity contribution in [3.05, 3.63) is 33.5 Å². The molecule has 0 aliphatic heterocycles. The van der Waals surface area contributed by atoms with Gasteiger partial charge < -0.3 is 4.74 Å². The number of benzene rings is 1. The van der Waals surface area contributed by atoms with E-state index in [1.807, 2.05) is 0 Å². The Morgan fingerprint density at radius 1 is 1.53 bits per heavy atom. The van der Waals surface area contributed by atoms with Crippen molar-refractivity contribution in [1.82, 2.24) is 15.4 Å². The third-order valence-electron chi connectivity index (χ3n) is 2.16. The van der Waals surface area contributed by atoms with Gasteiger partial charge in [0.2, 0.25) is 0 Å². The van der Waals surface area contributed by atoms with Crippen LogP contribution in [-0.2, 0) is 0 Å². The molecule has 0 radical (unpaired) electrons. The first-order chi connectivity index (χ1) is 8.13. The zero-order chi connectivity index (χ0) is 12.4. The summed E-state index contributed by atoms with van der Waals surface area (Å²) in [5.74, 6) is 0.123. The molecule has 17 heavy (non-hydrogen) atoms. The molecular weight excluding hydrogens is 248 g/mol. The van der Waals surface area contributed by atoms with E-state index < -0.39 is 4.92 Å². The lowest BCUT2D eigenvalue weighted by atomic mass is 10.1. The molecule has 0 aliphatic rings. The summed E-state index contributed by atoms with van der Waals surface area (Å²) in [6, 6.07) is 2.68. The first-order valence-electron chi connectivity index (χ1n) is 4.51. The molecule has 1 aromatic heterocycles. The van der Waals surface area contributed by atoms with Gasteiger partial charge in [-0.1, -0.05) is 11.6 Å². The van der Waals surface area contributed by atoms with Gasteiger partial charge in [-0.3, -0.25) is 10.1 Å². The predicted molar refractivity (Wildman–Crippen MR) is 60.0 cm³/mol. The van der Waals surface area contributed by atoms with Gasteiger partial charge in [0, 0.05) is 11.6 Å². The summed E-state index contributed by atoms with van der Waals surface area (Å²) in [6.07, 6.45) is 1.46. The highest BCUT2D eigenvalue weighted by Crippen LogP contribution is 2.37. The monoisotopic (exact) mass is 254 g/mol. The standard InChI is InChI=1S/C9H7ClN4O3/c1-17-9-2-5(7-4-11-13-12-7)6(10)3-8(9)14(15)16/h2-4H,1H3,(H,11,12,13). The summed E-state index contributed by atoms with van der Waals surface area (Å²) in [5.41, 5.74) is 0.816. The van der Waals surface area contributed by atoms with Crippen LogP contribution in [0.1, 0.15) is 0 Å². The van der Waals surface area contributed by atoms with Gasteiger partial charge in [-0.25, -0.2) is 0 Å². The van der Waals surface area contributed by atoms with Crippen LogP contribution in [0.4, 0.5) is 5.69 Å². The SMILES string of the molecule is COc1cc(-c2cn[nH]n2)c(Cl)cc1[N+](=O)[O-]. The van der Waals surface area contributed by atoms with Crippen LogP contribution in [-0.4, -0.2) is 27.4 Å². The van der Waals surface area contributed by atoms with Crippen LogP contribution in [0.15, 0.2) is 18.3 Å². The molecule has 7 nitrogen and oxygen atoms in total. The lowest BCUT2D eigenvalue weighted by Gasteiger charge is -2.05. The van der Waals surface area contributed by atoms with E-state index in [0.717, 1.165) is 0 Å². The normalized spacial score (nSPS) is 10.2. The van der Waals surface area contributed by atoms with E-state index >= 15 is 0 Å². The summed E-state index contributed by atoms with van der Waals surface area (Å²) in [4.78, 5) is 10.2. The van der Waals surface area contributed by atoms with Gasteiger partial charge in [0.25, 0.3) is 0 Å². The fourth-order valence-electron chi connectivity index (χ4n) is 1.38. The summed E-state index contributed by atoms with van der Waals surface area (Å²) in [5, 5.41) is 20.9. The van der Waals surface area contributed by atoms with E-state index in [-0.39, 0.29) is 16.5 Å². The zero-order valence-electron chi connectivity index (χ0n) is 8.68. The highest BCUT2D eigenvalue weighted by atomic mass is 35.5. The molecular formula is C9H7ClN4O3. The Morgan fingerprint density at radius 3 is 2.82 bits per heavy atom. The summed E-state index contributed by atoms with van der Waals surface area (Å²) in [6.45, 7) is 0. The quantitative estimate of drug-likeness (QED) is 0.668. The number of aromatic amines is 1. The van der Waals surface area contributed by atoms with Crippen molar-refractivity contribution in [2.75, 3.05) is 7.11 Å². The summed E-state index contributed by atoms with van der Waals surface area (Å²) < 4.78 is 4.94. The fourth-order valence-corrected chi connectivity index (χ4v) is 1.63. The molecule has 0 bridgehead atoms. The Kier molecular flexibility index (Phi) is 2.92. The van der Waals surface area contributed by atoms with Gasteiger partial charge in [0.1, 0.15) is 5.69 Å². The topological polar surface area (TPSA) is 93.9 Å². The maximum Gasteiger partial charge on any atom is 0.312 e. The number of nitrogens with one attached hydrogen (secondary N) is 1. The molecule has 2 rings (SSSR count). The molecule has 0 aliphatic carbocycles. The number of nitrogens with zero attached hydrogens (tertiary/aromatic N) is 3. The zero-order valence-corrected chi connectivity index (χ0v) is 9.43. The van der Waals surface area contributed by atoms with E-state index in [9.17, 15) is 10.1 Å². The van der Waals surface area contributed by atoms with Crippen molar-refractivity contribution >= 4 is 17.3 Å². The maximum atomic E-state index is 10.8. The lowest BCUT2D eigenvalue weighted by molar-refractivity contribution is -0.385. The smallest absolute Gasteiger partial charge is 0.312 e. The molecule has 2 aromatic rings. The van der Waals surface area contributed by atoms with E-state index in [0.29, 0.717) is 11.3 Å². The number of halogens is 1. The Bertz CT molecular complexity index is 556. The number of H-pyrrole nitrogens is 1. The number of ether oxygens (including phenoxy) is 1. The number of nitro benzene ring substituents is 1. The van der Waals surface area contributed by atoms with Crippen LogP contribution in [0.3, 0.4) is 0 Å². The van der Waals surface area contributed by atoms with Crippen molar-refractivity contribution in [3.63, 3.8) is 0 Å². The van der Waals surface area contributed by atoms with Gasteiger partial charge in [0.15, 0.2) is 5.75 Å². The van der Waals surface area contributed by atoms with Gasteiger partial charge in [-0.15, -0.1) is 0 Å². The second-order valence-electron chi connectivity index (χ2n) is 3.12. The van der Waals surface area contributed by atoms with Crippen LogP contribution in [0.2, 0.25) is 5.02 Å². The third kappa shape index (κ3) is 2.04. The average molecular weight is 255 g/mol. The van der Waals surface area contributed by atoms with E-state index in [1.165, 1.54) is 25.4 Å². The lowest BCUT2D eigenvalue weighted by Crippen LogP contribution is -1.95. The Morgan fingerprint density at radius 2 is 2.29 bits per heavy atom. The number of nitro groups is 1. The molecule has 1 heterocycles. The molecule has 1 N–H and O–H groups in total. The highest BCUT2D eigenvalue weighted by molar-refractivity contribution is 6.33. The van der Waals surface area contributed by atoms with Crippen LogP contribution < -0.4 is 4.74 Å². The minimum Gasteiger partial charge on any atom is -0.490 e. The molecule has 0 amide bonds. The van der Waals surface area contributed by atoms with Gasteiger partial charge in [-0.2, -0.15) is 15.4 Å². The van der Waals surface area contributed by atoms with Crippen LogP contribution >= 0.6 is 11.6 Å². The van der Waals surface area contributed by atoms with E-state index in [1.54, 1.807) is 0 Å². The van der Waals surface area contributed by atoms with Gasteiger partial charge >= 0.3 is 5.69 Å². The fraction of sp³-hybridized carbons (Fsp3) is 0.111. The number of hydrogen-bond acceptors (Lipinski definition) is 5. The van der Waals surface area contributed by atoms with Crippen LogP contribution in [0.5, 0.6) is 5.75 Å². The molecule has 0 saturated carbocycles. The van der Waals surface area contributed by atoms with Gasteiger partial charge in [-0.05, 0) is 6.07 Å². The molecule has 1 aromatic carbocycles. The van der Waals surface area contributed by atoms with Gasteiger partial charge in [0.05, 0.1) is 23.3 Å². The van der Waals surface area contributed by atoms with Crippen molar-refractivity contribution in [1.29, 1.82) is 0 Å². The third-order valence-corrected chi connectivity index (χ3v) is 2.47. The molecule has 0 unspecified atom stereocenters. The number of aromatic nitrogens is 3. The minimum atomic E-state index is -0.558. The molecule has 0 spiro atoms. The second-order valence-corrected chi connectivity index (χ2v) is 3.52. The number of methoxy groups -OCH3 is 1. The summed E-state index contributed by atoms with van der Waals surface area (Å²) >= 11 is 5.95. The Labute approximate surface area is 101 Å². The summed E-state index contributed by atoms with van der Waals surface area (Å²) in [7, 11) is 1.35. The van der Waals surface area contributed by atoms with E-state index in [2.05, 4.69) is 15.4 Å². The largest absolute Gasteiger partial charge is 0.490 e. The number of rotatable bonds is 3. The molecule has 0 fully saturated rings. The average Bonchev–Trinajstić information content (AvgIpc) is 2.82. The Hall–Kier alpha value is -2.15. The first kappa shape index (κ1) is 11.3. The van der Waals surface area contributed by atoms with Crippen LogP contribution in [0.25, 0.3) is 11.3 Å². The highest BCUT2D eigenvalue weighted by Gasteiger charge is 2.19. The molecule has 0 atom stereocenters. The van der Waals surface area contributed by atoms with Crippen molar-refractivity contribution < 1.29 is 9.66 Å². The first-order valence-corrected chi connectivity index (χ1v) is 4.89. The minimum absolute atomic E-state index is 0.123. The number of hydrogen-bond donors (Lipinski definition) is 1. The van der Waals surface area contributed by atoms with Crippen molar-refractivity contribution in [2.45, 2.75) is 0 Å².